The highest BCUT2D eigenvalue weighted by Gasteiger charge is 2.21. The van der Waals surface area contributed by atoms with E-state index in [1.807, 2.05) is 0 Å². The van der Waals surface area contributed by atoms with Crippen molar-refractivity contribution in [3.05, 3.63) is 0 Å². The molecular formula is C6H15N3O2S. The normalized spacial score (nSPS) is 21.1. The van der Waals surface area contributed by atoms with Crippen molar-refractivity contribution in [2.45, 2.75) is 6.92 Å². The number of nitrogens with zero attached hydrogens (tertiary/aromatic N) is 1. The van der Waals surface area contributed by atoms with Crippen LogP contribution in [0.1, 0.15) is 6.92 Å². The molecule has 0 unspecified atom stereocenters. The summed E-state index contributed by atoms with van der Waals surface area (Å²) in [6.07, 6.45) is 0. The number of rotatable bonds is 3. The minimum atomic E-state index is -3.19. The van der Waals surface area contributed by atoms with Crippen molar-refractivity contribution in [3.63, 3.8) is 0 Å². The first-order chi connectivity index (χ1) is 5.67. The first-order valence-electron chi connectivity index (χ1n) is 4.12. The highest BCUT2D eigenvalue weighted by Crippen LogP contribution is 1.98. The van der Waals surface area contributed by atoms with E-state index in [9.17, 15) is 8.42 Å². The molecule has 0 aromatic carbocycles. The molecule has 5 nitrogen and oxygen atoms in total. The van der Waals surface area contributed by atoms with Crippen molar-refractivity contribution in [3.8, 4) is 0 Å². The Morgan fingerprint density at radius 3 is 2.50 bits per heavy atom. The minimum absolute atomic E-state index is 0.451. The van der Waals surface area contributed by atoms with Crippen LogP contribution in [0.25, 0.3) is 0 Å². The predicted molar refractivity (Wildman–Crippen MR) is 47.0 cm³/mol. The van der Waals surface area contributed by atoms with Gasteiger partial charge in [0.05, 0.1) is 0 Å². The Bertz CT molecular complexity index is 221. The maximum Gasteiger partial charge on any atom is 0.279 e. The highest BCUT2D eigenvalue weighted by molar-refractivity contribution is 7.87. The van der Waals surface area contributed by atoms with Gasteiger partial charge in [-0.25, -0.2) is 4.72 Å². The van der Waals surface area contributed by atoms with Gasteiger partial charge in [0.25, 0.3) is 10.2 Å². The van der Waals surface area contributed by atoms with Crippen molar-refractivity contribution >= 4 is 10.2 Å². The second-order valence-electron chi connectivity index (χ2n) is 2.65. The Kier molecular flexibility index (Phi) is 3.45. The maximum atomic E-state index is 11.4. The predicted octanol–water partition coefficient (Wildman–Crippen LogP) is -1.25. The second-order valence-corrected chi connectivity index (χ2v) is 4.41. The minimum Gasteiger partial charge on any atom is -0.314 e. The van der Waals surface area contributed by atoms with E-state index in [4.69, 9.17) is 0 Å². The van der Waals surface area contributed by atoms with Gasteiger partial charge in [0.1, 0.15) is 0 Å². The Labute approximate surface area is 73.3 Å². The van der Waals surface area contributed by atoms with Crippen molar-refractivity contribution in [2.24, 2.45) is 0 Å². The molecule has 72 valence electrons. The lowest BCUT2D eigenvalue weighted by Gasteiger charge is -2.26. The van der Waals surface area contributed by atoms with E-state index in [1.165, 1.54) is 4.31 Å². The lowest BCUT2D eigenvalue weighted by molar-refractivity contribution is 0.355. The molecule has 2 N–H and O–H groups in total. The van der Waals surface area contributed by atoms with Crippen LogP contribution in [0.4, 0.5) is 0 Å². The molecule has 1 saturated heterocycles. The summed E-state index contributed by atoms with van der Waals surface area (Å²) < 4.78 is 26.7. The smallest absolute Gasteiger partial charge is 0.279 e. The number of hydrogen-bond acceptors (Lipinski definition) is 3. The van der Waals surface area contributed by atoms with Crippen LogP contribution >= 0.6 is 0 Å². The van der Waals surface area contributed by atoms with Crippen LogP contribution in [0.15, 0.2) is 0 Å². The Hall–Kier alpha value is -0.170. The van der Waals surface area contributed by atoms with Crippen LogP contribution in [0.5, 0.6) is 0 Å². The number of hydrogen-bond donors (Lipinski definition) is 2. The highest BCUT2D eigenvalue weighted by atomic mass is 32.2. The van der Waals surface area contributed by atoms with E-state index in [0.717, 1.165) is 13.1 Å². The number of nitrogens with one attached hydrogen (secondary N) is 2. The van der Waals surface area contributed by atoms with Gasteiger partial charge >= 0.3 is 0 Å². The molecular weight excluding hydrogens is 178 g/mol. The molecule has 0 aromatic heterocycles. The van der Waals surface area contributed by atoms with Crippen LogP contribution in [-0.2, 0) is 10.2 Å². The van der Waals surface area contributed by atoms with Crippen molar-refractivity contribution in [1.29, 1.82) is 0 Å². The first kappa shape index (κ1) is 9.91. The molecule has 6 heteroatoms. The lowest BCUT2D eigenvalue weighted by atomic mass is 10.4. The largest absolute Gasteiger partial charge is 0.314 e. The van der Waals surface area contributed by atoms with E-state index < -0.39 is 10.2 Å². The summed E-state index contributed by atoms with van der Waals surface area (Å²) in [5.41, 5.74) is 0. The zero-order chi connectivity index (χ0) is 9.03. The summed E-state index contributed by atoms with van der Waals surface area (Å²) in [6, 6.07) is 0. The van der Waals surface area contributed by atoms with Gasteiger partial charge in [-0.3, -0.25) is 0 Å². The summed E-state index contributed by atoms with van der Waals surface area (Å²) in [4.78, 5) is 0. The molecule has 1 aliphatic rings. The van der Waals surface area contributed by atoms with Crippen LogP contribution < -0.4 is 10.0 Å². The van der Waals surface area contributed by atoms with Gasteiger partial charge in [0.15, 0.2) is 0 Å². The third kappa shape index (κ3) is 2.41. The average molecular weight is 193 g/mol. The standard InChI is InChI=1S/C6H15N3O2S/c1-2-8-12(10,11)9-5-3-7-4-6-9/h7-8H,2-6H2,1H3. The zero-order valence-electron chi connectivity index (χ0n) is 7.21. The van der Waals surface area contributed by atoms with E-state index in [2.05, 4.69) is 10.0 Å². The van der Waals surface area contributed by atoms with Crippen LogP contribution in [0.3, 0.4) is 0 Å². The van der Waals surface area contributed by atoms with Gasteiger partial charge in [0, 0.05) is 32.7 Å². The Morgan fingerprint density at radius 1 is 1.42 bits per heavy atom. The van der Waals surface area contributed by atoms with E-state index in [1.54, 1.807) is 6.92 Å². The molecule has 0 spiro atoms. The lowest BCUT2D eigenvalue weighted by Crippen LogP contribution is -2.50. The summed E-state index contributed by atoms with van der Waals surface area (Å²) >= 11 is 0. The van der Waals surface area contributed by atoms with Crippen molar-refractivity contribution < 1.29 is 8.42 Å². The molecule has 0 amide bonds. The third-order valence-corrected chi connectivity index (χ3v) is 3.44. The second kappa shape index (κ2) is 4.18. The van der Waals surface area contributed by atoms with Crippen LogP contribution in [0.2, 0.25) is 0 Å². The first-order valence-corrected chi connectivity index (χ1v) is 5.56. The molecule has 0 atom stereocenters. The summed E-state index contributed by atoms with van der Waals surface area (Å²) in [6.45, 7) is 4.84. The average Bonchev–Trinajstić information content (AvgIpc) is 2.06. The molecule has 1 fully saturated rings. The quantitative estimate of drug-likeness (QED) is 0.588. The van der Waals surface area contributed by atoms with Gasteiger partial charge in [-0.05, 0) is 0 Å². The van der Waals surface area contributed by atoms with E-state index in [0.29, 0.717) is 19.6 Å². The van der Waals surface area contributed by atoms with Crippen LogP contribution in [0, 0.1) is 0 Å². The molecule has 0 radical (unpaired) electrons. The molecule has 0 aliphatic carbocycles. The fourth-order valence-electron chi connectivity index (χ4n) is 1.16. The fraction of sp³-hybridized carbons (Fsp3) is 1.00. The molecule has 0 aromatic rings. The van der Waals surface area contributed by atoms with Crippen molar-refractivity contribution in [2.75, 3.05) is 32.7 Å². The Balaban J connectivity index is 2.54. The van der Waals surface area contributed by atoms with Gasteiger partial charge in [-0.15, -0.1) is 0 Å². The van der Waals surface area contributed by atoms with Gasteiger partial charge in [0.2, 0.25) is 0 Å². The summed E-state index contributed by atoms with van der Waals surface area (Å²) in [5.74, 6) is 0. The van der Waals surface area contributed by atoms with E-state index >= 15 is 0 Å². The zero-order valence-corrected chi connectivity index (χ0v) is 8.02. The van der Waals surface area contributed by atoms with Gasteiger partial charge < -0.3 is 5.32 Å². The summed E-state index contributed by atoms with van der Waals surface area (Å²) in [7, 11) is -3.19. The van der Waals surface area contributed by atoms with Gasteiger partial charge in [-0.2, -0.15) is 12.7 Å². The topological polar surface area (TPSA) is 61.4 Å². The molecule has 1 rings (SSSR count). The fourth-order valence-corrected chi connectivity index (χ4v) is 2.37. The SMILES string of the molecule is CCNS(=O)(=O)N1CCNCC1. The monoisotopic (exact) mass is 193 g/mol. The van der Waals surface area contributed by atoms with Crippen molar-refractivity contribution in [1.82, 2.24) is 14.3 Å². The molecule has 0 saturated carbocycles. The Morgan fingerprint density at radius 2 is 2.00 bits per heavy atom. The molecule has 1 heterocycles. The van der Waals surface area contributed by atoms with E-state index in [-0.39, 0.29) is 0 Å². The molecule has 0 bridgehead atoms. The van der Waals surface area contributed by atoms with Gasteiger partial charge in [-0.1, -0.05) is 6.92 Å². The molecule has 1 aliphatic heterocycles. The number of piperazine rings is 1. The third-order valence-electron chi connectivity index (χ3n) is 1.74. The maximum absolute atomic E-state index is 11.4. The summed E-state index contributed by atoms with van der Waals surface area (Å²) in [5, 5.41) is 3.10. The molecule has 12 heavy (non-hydrogen) atoms. The van der Waals surface area contributed by atoms with Crippen LogP contribution in [-0.4, -0.2) is 45.4 Å².